The van der Waals surface area contributed by atoms with Gasteiger partial charge in [-0.15, -0.1) is 0 Å². The van der Waals surface area contributed by atoms with E-state index in [1.54, 1.807) is 0 Å². The van der Waals surface area contributed by atoms with Crippen LogP contribution in [0.1, 0.15) is 46.0 Å². The van der Waals surface area contributed by atoms with Crippen LogP contribution in [0.2, 0.25) is 0 Å². The Morgan fingerprint density at radius 3 is 1.93 bits per heavy atom. The molecule has 1 atom stereocenters. The van der Waals surface area contributed by atoms with Gasteiger partial charge in [-0.2, -0.15) is 0 Å². The molecule has 3 aliphatic carbocycles. The Hall–Kier alpha value is -0.210. The summed E-state index contributed by atoms with van der Waals surface area (Å²) in [5, 5.41) is 0. The highest BCUT2D eigenvalue weighted by molar-refractivity contribution is 5.06. The van der Waals surface area contributed by atoms with Crippen LogP contribution in [-0.4, -0.2) is 12.6 Å². The second-order valence-corrected chi connectivity index (χ2v) is 5.72. The Morgan fingerprint density at radius 1 is 1.07 bits per heavy atom. The van der Waals surface area contributed by atoms with Gasteiger partial charge in [-0.25, -0.2) is 13.2 Å². The van der Waals surface area contributed by atoms with Crippen molar-refractivity contribution in [1.82, 2.24) is 0 Å². The number of hydrogen-bond donors (Lipinski definition) is 0. The van der Waals surface area contributed by atoms with Gasteiger partial charge in [-0.05, 0) is 43.4 Å². The van der Waals surface area contributed by atoms with Gasteiger partial charge in [0.15, 0.2) is 0 Å². The predicted molar refractivity (Wildman–Crippen MR) is 53.7 cm³/mol. The minimum absolute atomic E-state index is 0.00998. The van der Waals surface area contributed by atoms with E-state index in [0.717, 1.165) is 12.8 Å². The standard InChI is InChI=1S/C12H19F3/c1-8(2)11-3-5-12(6-4-11,10(14)15)9(13)7-11/h8-10H,3-7H2,1-2H3. The second-order valence-electron chi connectivity index (χ2n) is 5.72. The average Bonchev–Trinajstić information content (AvgIpc) is 2.18. The van der Waals surface area contributed by atoms with Gasteiger partial charge in [0.05, 0.1) is 5.41 Å². The highest BCUT2D eigenvalue weighted by Crippen LogP contribution is 2.62. The van der Waals surface area contributed by atoms with Crippen molar-refractivity contribution < 1.29 is 13.2 Å². The summed E-state index contributed by atoms with van der Waals surface area (Å²) in [7, 11) is 0. The third-order valence-corrected chi connectivity index (χ3v) is 5.05. The van der Waals surface area contributed by atoms with Crippen LogP contribution in [0.3, 0.4) is 0 Å². The number of alkyl halides is 3. The van der Waals surface area contributed by atoms with Gasteiger partial charge in [0.1, 0.15) is 6.17 Å². The Morgan fingerprint density at radius 2 is 1.60 bits per heavy atom. The lowest BCUT2D eigenvalue weighted by Crippen LogP contribution is -2.54. The van der Waals surface area contributed by atoms with E-state index in [2.05, 4.69) is 13.8 Å². The molecule has 0 aromatic rings. The van der Waals surface area contributed by atoms with Crippen LogP contribution in [0.5, 0.6) is 0 Å². The topological polar surface area (TPSA) is 0 Å². The molecule has 3 rings (SSSR count). The summed E-state index contributed by atoms with van der Waals surface area (Å²) in [6.07, 6.45) is -1.09. The van der Waals surface area contributed by atoms with Gasteiger partial charge in [0, 0.05) is 0 Å². The Kier molecular flexibility index (Phi) is 2.55. The molecule has 3 heteroatoms. The fraction of sp³-hybridized carbons (Fsp3) is 1.00. The zero-order valence-electron chi connectivity index (χ0n) is 9.40. The van der Waals surface area contributed by atoms with Crippen LogP contribution < -0.4 is 0 Å². The van der Waals surface area contributed by atoms with Crippen LogP contribution >= 0.6 is 0 Å². The molecule has 0 amide bonds. The van der Waals surface area contributed by atoms with E-state index >= 15 is 0 Å². The van der Waals surface area contributed by atoms with E-state index in [9.17, 15) is 13.2 Å². The fourth-order valence-electron chi connectivity index (χ4n) is 3.46. The smallest absolute Gasteiger partial charge is 0.246 e. The summed E-state index contributed by atoms with van der Waals surface area (Å²) in [4.78, 5) is 0. The molecular formula is C12H19F3. The molecule has 15 heavy (non-hydrogen) atoms. The summed E-state index contributed by atoms with van der Waals surface area (Å²) in [6, 6.07) is 0. The van der Waals surface area contributed by atoms with E-state index in [1.165, 1.54) is 0 Å². The maximum absolute atomic E-state index is 13.9. The third-order valence-electron chi connectivity index (χ3n) is 5.05. The van der Waals surface area contributed by atoms with Crippen molar-refractivity contribution in [1.29, 1.82) is 0 Å². The van der Waals surface area contributed by atoms with Crippen LogP contribution in [-0.2, 0) is 0 Å². The molecule has 3 fully saturated rings. The van der Waals surface area contributed by atoms with Crippen molar-refractivity contribution in [2.45, 2.75) is 58.5 Å². The van der Waals surface area contributed by atoms with Gasteiger partial charge >= 0.3 is 0 Å². The van der Waals surface area contributed by atoms with Crippen molar-refractivity contribution in [2.75, 3.05) is 0 Å². The van der Waals surface area contributed by atoms with Gasteiger partial charge in [-0.3, -0.25) is 0 Å². The normalized spacial score (nSPS) is 45.4. The van der Waals surface area contributed by atoms with Gasteiger partial charge in [0.25, 0.3) is 0 Å². The molecular weight excluding hydrogens is 201 g/mol. The molecule has 88 valence electrons. The summed E-state index contributed by atoms with van der Waals surface area (Å²) >= 11 is 0. The average molecular weight is 220 g/mol. The third kappa shape index (κ3) is 1.42. The SMILES string of the molecule is CC(C)C12CCC(C(F)F)(CC1)C(F)C2. The highest BCUT2D eigenvalue weighted by atomic mass is 19.3. The molecule has 2 bridgehead atoms. The molecule has 0 heterocycles. The summed E-state index contributed by atoms with van der Waals surface area (Å²) in [6.45, 7) is 4.18. The Bertz CT molecular complexity index is 239. The minimum Gasteiger partial charge on any atom is -0.247 e. The lowest BCUT2D eigenvalue weighted by Gasteiger charge is -2.56. The molecule has 0 radical (unpaired) electrons. The summed E-state index contributed by atoms with van der Waals surface area (Å²) < 4.78 is 39.8. The van der Waals surface area contributed by atoms with E-state index in [1.807, 2.05) is 0 Å². The first kappa shape index (κ1) is 11.3. The maximum atomic E-state index is 13.9. The Balaban J connectivity index is 2.23. The van der Waals surface area contributed by atoms with Crippen molar-refractivity contribution in [3.05, 3.63) is 0 Å². The molecule has 3 saturated carbocycles. The Labute approximate surface area is 89.2 Å². The molecule has 3 aliphatic rings. The molecule has 1 unspecified atom stereocenters. The van der Waals surface area contributed by atoms with E-state index < -0.39 is 18.0 Å². The first-order valence-electron chi connectivity index (χ1n) is 5.85. The summed E-state index contributed by atoms with van der Waals surface area (Å²) in [5.41, 5.74) is -1.29. The highest BCUT2D eigenvalue weighted by Gasteiger charge is 2.59. The lowest BCUT2D eigenvalue weighted by molar-refractivity contribution is -0.165. The van der Waals surface area contributed by atoms with Crippen LogP contribution in [0, 0.1) is 16.7 Å². The van der Waals surface area contributed by atoms with E-state index in [0.29, 0.717) is 25.2 Å². The van der Waals surface area contributed by atoms with Gasteiger partial charge in [0.2, 0.25) is 6.43 Å². The molecule has 0 spiro atoms. The van der Waals surface area contributed by atoms with Crippen molar-refractivity contribution in [3.8, 4) is 0 Å². The van der Waals surface area contributed by atoms with Gasteiger partial charge in [-0.1, -0.05) is 13.8 Å². The summed E-state index contributed by atoms with van der Waals surface area (Å²) in [5.74, 6) is 0.409. The first-order chi connectivity index (χ1) is 6.93. The number of rotatable bonds is 2. The van der Waals surface area contributed by atoms with Crippen LogP contribution in [0.4, 0.5) is 13.2 Å². The minimum atomic E-state index is -2.49. The van der Waals surface area contributed by atoms with E-state index in [4.69, 9.17) is 0 Å². The molecule has 0 saturated heterocycles. The van der Waals surface area contributed by atoms with Crippen LogP contribution in [0.25, 0.3) is 0 Å². The van der Waals surface area contributed by atoms with E-state index in [-0.39, 0.29) is 5.41 Å². The van der Waals surface area contributed by atoms with Crippen molar-refractivity contribution in [2.24, 2.45) is 16.7 Å². The quantitative estimate of drug-likeness (QED) is 0.654. The van der Waals surface area contributed by atoms with Gasteiger partial charge < -0.3 is 0 Å². The monoisotopic (exact) mass is 220 g/mol. The molecule has 0 N–H and O–H groups in total. The first-order valence-corrected chi connectivity index (χ1v) is 5.85. The largest absolute Gasteiger partial charge is 0.247 e. The van der Waals surface area contributed by atoms with Crippen molar-refractivity contribution in [3.63, 3.8) is 0 Å². The molecule has 0 aromatic carbocycles. The zero-order chi connectivity index (χ0) is 11.3. The fourth-order valence-corrected chi connectivity index (χ4v) is 3.46. The predicted octanol–water partition coefficient (Wildman–Crippen LogP) is 4.20. The number of fused-ring (bicyclic) bond motifs is 3. The number of halogens is 3. The lowest BCUT2D eigenvalue weighted by atomic mass is 9.50. The van der Waals surface area contributed by atoms with Crippen molar-refractivity contribution >= 4 is 0 Å². The molecule has 0 aliphatic heterocycles. The second kappa shape index (κ2) is 3.39. The molecule has 0 aromatic heterocycles. The van der Waals surface area contributed by atoms with Crippen LogP contribution in [0.15, 0.2) is 0 Å². The molecule has 0 nitrogen and oxygen atoms in total. The maximum Gasteiger partial charge on any atom is 0.246 e. The number of hydrogen-bond acceptors (Lipinski definition) is 0. The zero-order valence-corrected chi connectivity index (χ0v) is 9.40.